The molecule has 0 aliphatic rings. The van der Waals surface area contributed by atoms with Crippen LogP contribution >= 0.6 is 23.2 Å². The molecule has 0 saturated heterocycles. The van der Waals surface area contributed by atoms with E-state index in [0.717, 1.165) is 0 Å². The Morgan fingerprint density at radius 3 is 2.00 bits per heavy atom. The van der Waals surface area contributed by atoms with Crippen molar-refractivity contribution >= 4 is 40.4 Å². The molecule has 7 heteroatoms. The Balaban J connectivity index is 2.70. The number of nitrogens with zero attached hydrogens (tertiary/aromatic N) is 2. The van der Waals surface area contributed by atoms with Crippen LogP contribution in [0.2, 0.25) is 10.0 Å². The summed E-state index contributed by atoms with van der Waals surface area (Å²) in [6.45, 7) is 9.32. The van der Waals surface area contributed by atoms with Gasteiger partial charge in [-0.15, -0.1) is 0 Å². The maximum atomic E-state index is 13.2. The molecule has 5 nitrogen and oxygen atoms in total. The van der Waals surface area contributed by atoms with E-state index in [4.69, 9.17) is 23.2 Å². The van der Waals surface area contributed by atoms with E-state index in [9.17, 15) is 14.9 Å². The van der Waals surface area contributed by atoms with Gasteiger partial charge in [0, 0.05) is 34.8 Å². The lowest BCUT2D eigenvalue weighted by molar-refractivity contribution is -0.384. The first-order valence-electron chi connectivity index (χ1n) is 9.13. The van der Waals surface area contributed by atoms with E-state index in [1.54, 1.807) is 24.3 Å². The zero-order valence-corrected chi connectivity index (χ0v) is 17.9. The van der Waals surface area contributed by atoms with Crippen molar-refractivity contribution < 1.29 is 9.72 Å². The van der Waals surface area contributed by atoms with Gasteiger partial charge in [0.25, 0.3) is 5.69 Å². The molecule has 2 rings (SSSR count). The van der Waals surface area contributed by atoms with Gasteiger partial charge in [-0.25, -0.2) is 0 Å². The number of hydrogen-bond acceptors (Lipinski definition) is 4. The third-order valence-electron chi connectivity index (χ3n) is 4.09. The zero-order valence-electron chi connectivity index (χ0n) is 16.4. The van der Waals surface area contributed by atoms with Crippen molar-refractivity contribution in [1.82, 2.24) is 0 Å². The molecule has 150 valence electrons. The van der Waals surface area contributed by atoms with Gasteiger partial charge in [0.2, 0.25) is 0 Å². The molecule has 0 N–H and O–H groups in total. The molecule has 0 aliphatic heterocycles. The first kappa shape index (κ1) is 22.2. The highest BCUT2D eigenvalue weighted by molar-refractivity contribution is 6.32. The molecule has 0 amide bonds. The van der Waals surface area contributed by atoms with Gasteiger partial charge in [0.15, 0.2) is 5.78 Å². The van der Waals surface area contributed by atoms with Crippen LogP contribution < -0.4 is 4.90 Å². The molecule has 0 atom stereocenters. The summed E-state index contributed by atoms with van der Waals surface area (Å²) >= 11 is 12.1. The summed E-state index contributed by atoms with van der Waals surface area (Å²) in [5, 5.41) is 12.5. The van der Waals surface area contributed by atoms with Gasteiger partial charge >= 0.3 is 0 Å². The number of halogens is 2. The van der Waals surface area contributed by atoms with Crippen LogP contribution in [-0.2, 0) is 0 Å². The number of carbonyl (C=O) groups is 1. The van der Waals surface area contributed by atoms with Crippen LogP contribution in [0.25, 0.3) is 0 Å². The average Bonchev–Trinajstić information content (AvgIpc) is 2.59. The SMILES string of the molecule is CC(C)CN(CC(C)C)c1c(C(=O)c2ccc(Cl)cc2)cc(Cl)cc1[N+](=O)[O-]. The molecule has 0 unspecified atom stereocenters. The minimum atomic E-state index is -0.479. The quantitative estimate of drug-likeness (QED) is 0.286. The van der Waals surface area contributed by atoms with Crippen molar-refractivity contribution in [2.45, 2.75) is 27.7 Å². The Hall–Kier alpha value is -2.11. The summed E-state index contributed by atoms with van der Waals surface area (Å²) in [5.74, 6) is 0.190. The number of anilines is 1. The minimum absolute atomic E-state index is 0.154. The van der Waals surface area contributed by atoms with Gasteiger partial charge in [-0.3, -0.25) is 14.9 Å². The second-order valence-electron chi connectivity index (χ2n) is 7.61. The zero-order chi connectivity index (χ0) is 21.0. The Morgan fingerprint density at radius 1 is 1.00 bits per heavy atom. The molecule has 2 aromatic rings. The number of rotatable bonds is 8. The number of nitro groups is 1. The van der Waals surface area contributed by atoms with Gasteiger partial charge < -0.3 is 4.90 Å². The van der Waals surface area contributed by atoms with E-state index < -0.39 is 4.92 Å². The van der Waals surface area contributed by atoms with Gasteiger partial charge in [-0.1, -0.05) is 50.9 Å². The molecule has 0 fully saturated rings. The third kappa shape index (κ3) is 5.46. The Bertz CT molecular complexity index is 855. The molecule has 0 saturated carbocycles. The molecule has 0 aromatic heterocycles. The highest BCUT2D eigenvalue weighted by Crippen LogP contribution is 2.37. The summed E-state index contributed by atoms with van der Waals surface area (Å²) in [7, 11) is 0. The number of hydrogen-bond donors (Lipinski definition) is 0. The van der Waals surface area contributed by atoms with E-state index >= 15 is 0 Å². The highest BCUT2D eigenvalue weighted by Gasteiger charge is 2.29. The van der Waals surface area contributed by atoms with Gasteiger partial charge in [-0.2, -0.15) is 0 Å². The Labute approximate surface area is 175 Å². The lowest BCUT2D eigenvalue weighted by Crippen LogP contribution is -2.33. The predicted octanol–water partition coefficient (Wildman–Crippen LogP) is 6.25. The summed E-state index contributed by atoms with van der Waals surface area (Å²) in [4.78, 5) is 26.5. The number of benzene rings is 2. The summed E-state index contributed by atoms with van der Waals surface area (Å²) < 4.78 is 0. The van der Waals surface area contributed by atoms with Crippen molar-refractivity contribution in [2.24, 2.45) is 11.8 Å². The van der Waals surface area contributed by atoms with Crippen molar-refractivity contribution in [2.75, 3.05) is 18.0 Å². The van der Waals surface area contributed by atoms with E-state index in [0.29, 0.717) is 29.4 Å². The second kappa shape index (κ2) is 9.39. The average molecular weight is 423 g/mol. The fourth-order valence-corrected chi connectivity index (χ4v) is 3.46. The van der Waals surface area contributed by atoms with Gasteiger partial charge in [-0.05, 0) is 42.2 Å². The van der Waals surface area contributed by atoms with Crippen LogP contribution in [0.15, 0.2) is 36.4 Å². The molecule has 0 aliphatic carbocycles. The molecule has 0 bridgehead atoms. The maximum Gasteiger partial charge on any atom is 0.294 e. The highest BCUT2D eigenvalue weighted by atomic mass is 35.5. The first-order valence-corrected chi connectivity index (χ1v) is 9.88. The lowest BCUT2D eigenvalue weighted by atomic mass is 9.98. The summed E-state index contributed by atoms with van der Waals surface area (Å²) in [6.07, 6.45) is 0. The summed E-state index contributed by atoms with van der Waals surface area (Å²) in [5.41, 5.74) is 0.780. The van der Waals surface area contributed by atoms with Crippen LogP contribution in [-0.4, -0.2) is 23.8 Å². The molecular formula is C21H24Cl2N2O3. The number of nitro benzene ring substituents is 1. The number of carbonyl (C=O) groups excluding carboxylic acids is 1. The molecule has 28 heavy (non-hydrogen) atoms. The van der Waals surface area contributed by atoms with Crippen molar-refractivity contribution in [1.29, 1.82) is 0 Å². The third-order valence-corrected chi connectivity index (χ3v) is 4.56. The van der Waals surface area contributed by atoms with E-state index in [-0.39, 0.29) is 33.9 Å². The minimum Gasteiger partial charge on any atom is -0.365 e. The fourth-order valence-electron chi connectivity index (χ4n) is 3.12. The van der Waals surface area contributed by atoms with Crippen LogP contribution in [0.1, 0.15) is 43.6 Å². The molecule has 0 radical (unpaired) electrons. The monoisotopic (exact) mass is 422 g/mol. The van der Waals surface area contributed by atoms with Crippen molar-refractivity contribution in [3.63, 3.8) is 0 Å². The lowest BCUT2D eigenvalue weighted by Gasteiger charge is -2.30. The normalized spacial score (nSPS) is 11.1. The van der Waals surface area contributed by atoms with Crippen molar-refractivity contribution in [3.8, 4) is 0 Å². The largest absolute Gasteiger partial charge is 0.365 e. The molecule has 0 spiro atoms. The standard InChI is InChI=1S/C21H24Cl2N2O3/c1-13(2)11-24(12-14(3)4)20-18(9-17(23)10-19(20)25(27)28)21(26)15-5-7-16(22)8-6-15/h5-10,13-14H,11-12H2,1-4H3. The van der Waals surface area contributed by atoms with Crippen LogP contribution in [0.3, 0.4) is 0 Å². The fraction of sp³-hybridized carbons (Fsp3) is 0.381. The first-order chi connectivity index (χ1) is 13.1. The molecule has 0 heterocycles. The molecule has 2 aromatic carbocycles. The predicted molar refractivity (Wildman–Crippen MR) is 115 cm³/mol. The molecular weight excluding hydrogens is 399 g/mol. The topological polar surface area (TPSA) is 63.5 Å². The van der Waals surface area contributed by atoms with Crippen LogP contribution in [0.5, 0.6) is 0 Å². The Kier molecular flexibility index (Phi) is 7.44. The second-order valence-corrected chi connectivity index (χ2v) is 8.48. The number of ketones is 1. The Morgan fingerprint density at radius 2 is 1.54 bits per heavy atom. The van der Waals surface area contributed by atoms with E-state index in [1.165, 1.54) is 12.1 Å². The maximum absolute atomic E-state index is 13.2. The van der Waals surface area contributed by atoms with Gasteiger partial charge in [0.1, 0.15) is 5.69 Å². The van der Waals surface area contributed by atoms with Crippen LogP contribution in [0, 0.1) is 22.0 Å². The smallest absolute Gasteiger partial charge is 0.294 e. The van der Waals surface area contributed by atoms with E-state index in [2.05, 4.69) is 0 Å². The van der Waals surface area contributed by atoms with E-state index in [1.807, 2.05) is 32.6 Å². The summed E-state index contributed by atoms with van der Waals surface area (Å²) in [6, 6.07) is 9.27. The van der Waals surface area contributed by atoms with Gasteiger partial charge in [0.05, 0.1) is 10.5 Å². The van der Waals surface area contributed by atoms with Crippen molar-refractivity contribution in [3.05, 3.63) is 67.7 Å². The van der Waals surface area contributed by atoms with Crippen LogP contribution in [0.4, 0.5) is 11.4 Å².